The number of carbonyl (C=O) groups is 1. The lowest BCUT2D eigenvalue weighted by molar-refractivity contribution is -0.124. The van der Waals surface area contributed by atoms with Crippen LogP contribution >= 0.6 is 0 Å². The van der Waals surface area contributed by atoms with Gasteiger partial charge < -0.3 is 10.6 Å². The standard InChI is InChI=1S/C11H19N5O/c1-9-3-2-4-12-10(9)11(17)13-5-7-16-8-6-14-15-16/h6,8-10,12H,2-5,7H2,1H3,(H,13,17). The Kier molecular flexibility index (Phi) is 4.08. The van der Waals surface area contributed by atoms with Gasteiger partial charge in [0.2, 0.25) is 5.91 Å². The summed E-state index contributed by atoms with van der Waals surface area (Å²) in [5.41, 5.74) is 0. The molecule has 2 heterocycles. The number of piperidine rings is 1. The van der Waals surface area contributed by atoms with Gasteiger partial charge in [-0.25, -0.2) is 0 Å². The van der Waals surface area contributed by atoms with Gasteiger partial charge in [0.1, 0.15) is 0 Å². The van der Waals surface area contributed by atoms with Crippen LogP contribution in [0.25, 0.3) is 0 Å². The summed E-state index contributed by atoms with van der Waals surface area (Å²) in [5, 5.41) is 13.7. The van der Waals surface area contributed by atoms with E-state index >= 15 is 0 Å². The van der Waals surface area contributed by atoms with Crippen molar-refractivity contribution in [2.45, 2.75) is 32.4 Å². The molecule has 1 fully saturated rings. The predicted octanol–water partition coefficient (Wildman–Crippen LogP) is -0.218. The SMILES string of the molecule is CC1CCCNC1C(=O)NCCn1ccnn1. The van der Waals surface area contributed by atoms with Gasteiger partial charge in [0, 0.05) is 12.7 Å². The zero-order valence-electron chi connectivity index (χ0n) is 10.1. The zero-order chi connectivity index (χ0) is 12.1. The van der Waals surface area contributed by atoms with E-state index in [-0.39, 0.29) is 11.9 Å². The second-order valence-corrected chi connectivity index (χ2v) is 4.51. The second kappa shape index (κ2) is 5.77. The third kappa shape index (κ3) is 3.26. The molecular weight excluding hydrogens is 218 g/mol. The molecule has 0 aliphatic carbocycles. The van der Waals surface area contributed by atoms with E-state index in [1.807, 2.05) is 0 Å². The topological polar surface area (TPSA) is 71.8 Å². The minimum Gasteiger partial charge on any atom is -0.353 e. The lowest BCUT2D eigenvalue weighted by atomic mass is 9.92. The number of carbonyl (C=O) groups excluding carboxylic acids is 1. The Morgan fingerprint density at radius 3 is 3.24 bits per heavy atom. The maximum atomic E-state index is 11.9. The van der Waals surface area contributed by atoms with Gasteiger partial charge in [-0.3, -0.25) is 9.48 Å². The van der Waals surface area contributed by atoms with E-state index in [1.165, 1.54) is 0 Å². The van der Waals surface area contributed by atoms with Crippen LogP contribution in [0, 0.1) is 5.92 Å². The first kappa shape index (κ1) is 12.0. The second-order valence-electron chi connectivity index (χ2n) is 4.51. The van der Waals surface area contributed by atoms with Gasteiger partial charge in [0.05, 0.1) is 18.8 Å². The van der Waals surface area contributed by atoms with Gasteiger partial charge in [0.15, 0.2) is 0 Å². The van der Waals surface area contributed by atoms with E-state index in [0.717, 1.165) is 19.4 Å². The number of nitrogens with one attached hydrogen (secondary N) is 2. The molecule has 2 atom stereocenters. The lowest BCUT2D eigenvalue weighted by Crippen LogP contribution is -2.51. The normalized spacial score (nSPS) is 24.5. The summed E-state index contributed by atoms with van der Waals surface area (Å²) in [5.74, 6) is 0.507. The summed E-state index contributed by atoms with van der Waals surface area (Å²) in [6, 6.07) is -0.0421. The number of hydrogen-bond acceptors (Lipinski definition) is 4. The molecule has 1 aliphatic heterocycles. The van der Waals surface area contributed by atoms with Crippen molar-refractivity contribution in [3.8, 4) is 0 Å². The van der Waals surface area contributed by atoms with E-state index in [1.54, 1.807) is 17.1 Å². The van der Waals surface area contributed by atoms with Gasteiger partial charge >= 0.3 is 0 Å². The molecule has 1 saturated heterocycles. The number of rotatable bonds is 4. The van der Waals surface area contributed by atoms with Gasteiger partial charge in [-0.2, -0.15) is 0 Å². The van der Waals surface area contributed by atoms with Crippen molar-refractivity contribution in [2.75, 3.05) is 13.1 Å². The molecule has 0 bridgehead atoms. The van der Waals surface area contributed by atoms with Crippen LogP contribution in [-0.2, 0) is 11.3 Å². The molecule has 1 aromatic heterocycles. The van der Waals surface area contributed by atoms with Crippen LogP contribution in [-0.4, -0.2) is 40.0 Å². The average molecular weight is 237 g/mol. The van der Waals surface area contributed by atoms with Crippen molar-refractivity contribution in [1.29, 1.82) is 0 Å². The van der Waals surface area contributed by atoms with E-state index in [2.05, 4.69) is 27.9 Å². The van der Waals surface area contributed by atoms with Crippen LogP contribution in [0.4, 0.5) is 0 Å². The van der Waals surface area contributed by atoms with E-state index in [0.29, 0.717) is 19.0 Å². The number of amides is 1. The molecule has 0 radical (unpaired) electrons. The van der Waals surface area contributed by atoms with Crippen LogP contribution in [0.2, 0.25) is 0 Å². The van der Waals surface area contributed by atoms with Gasteiger partial charge in [-0.05, 0) is 25.3 Å². The Morgan fingerprint density at radius 1 is 1.65 bits per heavy atom. The predicted molar refractivity (Wildman–Crippen MR) is 63.2 cm³/mol. The first-order valence-corrected chi connectivity index (χ1v) is 6.12. The summed E-state index contributed by atoms with van der Waals surface area (Å²) < 4.78 is 1.71. The molecule has 1 amide bonds. The van der Waals surface area contributed by atoms with Crippen molar-refractivity contribution >= 4 is 5.91 Å². The Morgan fingerprint density at radius 2 is 2.53 bits per heavy atom. The highest BCUT2D eigenvalue weighted by Crippen LogP contribution is 2.15. The van der Waals surface area contributed by atoms with Crippen LogP contribution in [0.15, 0.2) is 12.4 Å². The summed E-state index contributed by atoms with van der Waals surface area (Å²) >= 11 is 0. The van der Waals surface area contributed by atoms with Gasteiger partial charge in [-0.15, -0.1) is 5.10 Å². The number of hydrogen-bond donors (Lipinski definition) is 2. The summed E-state index contributed by atoms with van der Waals surface area (Å²) in [6.07, 6.45) is 5.69. The molecule has 17 heavy (non-hydrogen) atoms. The largest absolute Gasteiger partial charge is 0.353 e. The fraction of sp³-hybridized carbons (Fsp3) is 0.727. The van der Waals surface area contributed by atoms with E-state index < -0.39 is 0 Å². The Balaban J connectivity index is 1.73. The van der Waals surface area contributed by atoms with E-state index in [4.69, 9.17) is 0 Å². The maximum absolute atomic E-state index is 11.9. The van der Waals surface area contributed by atoms with Crippen molar-refractivity contribution < 1.29 is 4.79 Å². The molecule has 0 aromatic carbocycles. The van der Waals surface area contributed by atoms with E-state index in [9.17, 15) is 4.79 Å². The van der Waals surface area contributed by atoms with Crippen LogP contribution in [0.1, 0.15) is 19.8 Å². The molecule has 0 spiro atoms. The monoisotopic (exact) mass is 237 g/mol. The van der Waals surface area contributed by atoms with Crippen molar-refractivity contribution in [1.82, 2.24) is 25.6 Å². The minimum atomic E-state index is -0.0421. The zero-order valence-corrected chi connectivity index (χ0v) is 10.1. The maximum Gasteiger partial charge on any atom is 0.237 e. The summed E-state index contributed by atoms with van der Waals surface area (Å²) in [7, 11) is 0. The smallest absolute Gasteiger partial charge is 0.237 e. The highest BCUT2D eigenvalue weighted by atomic mass is 16.2. The fourth-order valence-corrected chi connectivity index (χ4v) is 2.16. The molecule has 0 saturated carbocycles. The molecule has 1 aromatic rings. The molecule has 2 rings (SSSR count). The Labute approximate surface area is 101 Å². The Hall–Kier alpha value is -1.43. The molecule has 6 heteroatoms. The average Bonchev–Trinajstić information content (AvgIpc) is 2.82. The third-order valence-electron chi connectivity index (χ3n) is 3.16. The quantitative estimate of drug-likeness (QED) is 0.759. The summed E-state index contributed by atoms with van der Waals surface area (Å²) in [4.78, 5) is 11.9. The van der Waals surface area contributed by atoms with Crippen LogP contribution < -0.4 is 10.6 Å². The van der Waals surface area contributed by atoms with Crippen molar-refractivity contribution in [2.24, 2.45) is 5.92 Å². The lowest BCUT2D eigenvalue weighted by Gasteiger charge is -2.28. The highest BCUT2D eigenvalue weighted by Gasteiger charge is 2.26. The third-order valence-corrected chi connectivity index (χ3v) is 3.16. The molecule has 2 N–H and O–H groups in total. The first-order valence-electron chi connectivity index (χ1n) is 6.12. The molecule has 2 unspecified atom stereocenters. The van der Waals surface area contributed by atoms with Gasteiger partial charge in [-0.1, -0.05) is 12.1 Å². The molecular formula is C11H19N5O. The van der Waals surface area contributed by atoms with Crippen molar-refractivity contribution in [3.63, 3.8) is 0 Å². The molecule has 1 aliphatic rings. The van der Waals surface area contributed by atoms with Crippen LogP contribution in [0.5, 0.6) is 0 Å². The number of aromatic nitrogens is 3. The minimum absolute atomic E-state index is 0.0421. The first-order chi connectivity index (χ1) is 8.27. The molecule has 6 nitrogen and oxygen atoms in total. The van der Waals surface area contributed by atoms with Crippen molar-refractivity contribution in [3.05, 3.63) is 12.4 Å². The fourth-order valence-electron chi connectivity index (χ4n) is 2.16. The summed E-state index contributed by atoms with van der Waals surface area (Å²) in [6.45, 7) is 4.30. The van der Waals surface area contributed by atoms with Gasteiger partial charge in [0.25, 0.3) is 0 Å². The number of nitrogens with zero attached hydrogens (tertiary/aromatic N) is 3. The Bertz CT molecular complexity index is 351. The van der Waals surface area contributed by atoms with Crippen LogP contribution in [0.3, 0.4) is 0 Å². The molecule has 94 valence electrons. The highest BCUT2D eigenvalue weighted by molar-refractivity contribution is 5.82.